The van der Waals surface area contributed by atoms with Crippen molar-refractivity contribution in [2.24, 2.45) is 12.8 Å². The number of carbonyl (C=O) groups excluding carboxylic acids is 1. The lowest BCUT2D eigenvalue weighted by Gasteiger charge is -2.32. The molecule has 1 aromatic rings. The third-order valence-corrected chi connectivity index (χ3v) is 5.83. The lowest BCUT2D eigenvalue weighted by Crippen LogP contribution is -2.49. The Morgan fingerprint density at radius 3 is 2.67 bits per heavy atom. The second-order valence-electron chi connectivity index (χ2n) is 4.92. The Labute approximate surface area is 128 Å². The van der Waals surface area contributed by atoms with Gasteiger partial charge in [-0.15, -0.1) is 0 Å². The van der Waals surface area contributed by atoms with Crippen LogP contribution in [0.3, 0.4) is 0 Å². The molecule has 21 heavy (non-hydrogen) atoms. The summed E-state index contributed by atoms with van der Waals surface area (Å²) < 4.78 is 28.0. The smallest absolute Gasteiger partial charge is 0.262 e. The number of piperidine rings is 1. The molecule has 0 saturated carbocycles. The van der Waals surface area contributed by atoms with Crippen LogP contribution in [0.5, 0.6) is 0 Å². The first-order chi connectivity index (χ1) is 9.84. The number of carbonyl (C=O) groups is 1. The van der Waals surface area contributed by atoms with Crippen LogP contribution in [0.25, 0.3) is 0 Å². The first kappa shape index (κ1) is 16.2. The van der Waals surface area contributed by atoms with Gasteiger partial charge in [0.05, 0.1) is 17.8 Å². The summed E-state index contributed by atoms with van der Waals surface area (Å²) in [4.78, 5) is 11.3. The number of nitrogens with zero attached hydrogens (tertiary/aromatic N) is 3. The number of nitrogens with one attached hydrogen (secondary N) is 1. The number of hydrogen-bond donors (Lipinski definition) is 2. The summed E-state index contributed by atoms with van der Waals surface area (Å²) in [5.74, 6) is -0.699. The Hall–Kier alpha value is -1.16. The zero-order chi connectivity index (χ0) is 15.6. The highest BCUT2D eigenvalue weighted by Crippen LogP contribution is 2.27. The average Bonchev–Trinajstić information content (AvgIpc) is 2.76. The highest BCUT2D eigenvalue weighted by Gasteiger charge is 2.36. The van der Waals surface area contributed by atoms with Crippen LogP contribution in [0.15, 0.2) is 11.2 Å². The first-order valence-electron chi connectivity index (χ1n) is 6.52. The molecule has 0 bridgehead atoms. The molecule has 0 aliphatic carbocycles. The minimum Gasteiger partial charge on any atom is -0.369 e. The summed E-state index contributed by atoms with van der Waals surface area (Å²) in [6.07, 6.45) is 2.49. The quantitative estimate of drug-likeness (QED) is 0.739. The fraction of sp³-hybridized carbons (Fsp3) is 0.636. The zero-order valence-electron chi connectivity index (χ0n) is 11.6. The fourth-order valence-corrected chi connectivity index (χ4v) is 4.72. The standard InChI is InChI=1S/C11H18ClN5O3S/c1-16-11(9(12)6-15-16)21(19,20)17(7-10(13)18)8-2-4-14-5-3-8/h6,8,14H,2-5,7H2,1H3,(H2,13,18). The molecule has 1 aliphatic rings. The van der Waals surface area contributed by atoms with Gasteiger partial charge in [0.2, 0.25) is 5.91 Å². The van der Waals surface area contributed by atoms with Crippen LogP contribution in [0.2, 0.25) is 5.02 Å². The zero-order valence-corrected chi connectivity index (χ0v) is 13.2. The predicted molar refractivity (Wildman–Crippen MR) is 77.2 cm³/mol. The normalized spacial score (nSPS) is 17.3. The van der Waals surface area contributed by atoms with Crippen molar-refractivity contribution < 1.29 is 13.2 Å². The lowest BCUT2D eigenvalue weighted by atomic mass is 10.1. The van der Waals surface area contributed by atoms with E-state index in [2.05, 4.69) is 10.4 Å². The monoisotopic (exact) mass is 335 g/mol. The maximum Gasteiger partial charge on any atom is 0.262 e. The molecule has 0 spiro atoms. The Kier molecular flexibility index (Phi) is 4.87. The molecular weight excluding hydrogens is 318 g/mol. The molecule has 0 radical (unpaired) electrons. The number of amides is 1. The van der Waals surface area contributed by atoms with Crippen LogP contribution in [-0.4, -0.2) is 54.1 Å². The molecule has 0 atom stereocenters. The molecular formula is C11H18ClN5O3S. The van der Waals surface area contributed by atoms with E-state index < -0.39 is 15.9 Å². The van der Waals surface area contributed by atoms with E-state index in [1.54, 1.807) is 0 Å². The van der Waals surface area contributed by atoms with Crippen LogP contribution in [0, 0.1) is 0 Å². The molecule has 0 aromatic carbocycles. The molecule has 1 aromatic heterocycles. The molecule has 118 valence electrons. The number of hydrogen-bond acceptors (Lipinski definition) is 5. The molecule has 0 unspecified atom stereocenters. The van der Waals surface area contributed by atoms with Gasteiger partial charge in [0.25, 0.3) is 10.0 Å². The molecule has 1 fully saturated rings. The minimum atomic E-state index is -3.94. The number of primary amides is 1. The highest BCUT2D eigenvalue weighted by molar-refractivity contribution is 7.89. The number of halogens is 1. The van der Waals surface area contributed by atoms with E-state index in [-0.39, 0.29) is 22.6 Å². The van der Waals surface area contributed by atoms with Gasteiger partial charge in [-0.1, -0.05) is 11.6 Å². The van der Waals surface area contributed by atoms with Gasteiger partial charge >= 0.3 is 0 Å². The van der Waals surface area contributed by atoms with Gasteiger partial charge in [0.1, 0.15) is 0 Å². The molecule has 2 heterocycles. The van der Waals surface area contributed by atoms with Crippen molar-refractivity contribution in [1.82, 2.24) is 19.4 Å². The Balaban J connectivity index is 2.41. The van der Waals surface area contributed by atoms with Gasteiger partial charge in [-0.05, 0) is 25.9 Å². The number of aromatic nitrogens is 2. The predicted octanol–water partition coefficient (Wildman–Crippen LogP) is -0.698. The van der Waals surface area contributed by atoms with Crippen LogP contribution in [0.1, 0.15) is 12.8 Å². The molecule has 10 heteroatoms. The Morgan fingerprint density at radius 2 is 2.19 bits per heavy atom. The molecule has 1 saturated heterocycles. The first-order valence-corrected chi connectivity index (χ1v) is 8.34. The van der Waals surface area contributed by atoms with E-state index in [0.717, 1.165) is 4.31 Å². The van der Waals surface area contributed by atoms with E-state index >= 15 is 0 Å². The van der Waals surface area contributed by atoms with Crippen molar-refractivity contribution in [2.45, 2.75) is 23.9 Å². The summed E-state index contributed by atoms with van der Waals surface area (Å²) in [7, 11) is -2.45. The van der Waals surface area contributed by atoms with Gasteiger partial charge in [-0.2, -0.15) is 9.40 Å². The van der Waals surface area contributed by atoms with Crippen LogP contribution in [0.4, 0.5) is 0 Å². The number of sulfonamides is 1. The summed E-state index contributed by atoms with van der Waals surface area (Å²) in [5.41, 5.74) is 5.21. The summed E-state index contributed by atoms with van der Waals surface area (Å²) in [6.45, 7) is 1.01. The van der Waals surface area contributed by atoms with Crippen molar-refractivity contribution in [1.29, 1.82) is 0 Å². The van der Waals surface area contributed by atoms with Crippen molar-refractivity contribution in [3.8, 4) is 0 Å². The molecule has 1 amide bonds. The maximum absolute atomic E-state index is 12.8. The number of rotatable bonds is 5. The van der Waals surface area contributed by atoms with Crippen molar-refractivity contribution >= 4 is 27.5 Å². The number of nitrogens with two attached hydrogens (primary N) is 1. The van der Waals surface area contributed by atoms with E-state index in [1.807, 2.05) is 0 Å². The van der Waals surface area contributed by atoms with Crippen LogP contribution < -0.4 is 11.1 Å². The third kappa shape index (κ3) is 3.37. The average molecular weight is 336 g/mol. The highest BCUT2D eigenvalue weighted by atomic mass is 35.5. The molecule has 3 N–H and O–H groups in total. The van der Waals surface area contributed by atoms with E-state index in [0.29, 0.717) is 25.9 Å². The van der Waals surface area contributed by atoms with Crippen molar-refractivity contribution in [2.75, 3.05) is 19.6 Å². The fourth-order valence-electron chi connectivity index (χ4n) is 2.46. The molecule has 2 rings (SSSR count). The maximum atomic E-state index is 12.8. The number of aryl methyl sites for hydroxylation is 1. The largest absolute Gasteiger partial charge is 0.369 e. The van der Waals surface area contributed by atoms with Gasteiger partial charge in [0.15, 0.2) is 5.03 Å². The Bertz CT molecular complexity index is 604. The van der Waals surface area contributed by atoms with E-state index in [4.69, 9.17) is 17.3 Å². The van der Waals surface area contributed by atoms with Gasteiger partial charge in [-0.25, -0.2) is 8.42 Å². The summed E-state index contributed by atoms with van der Waals surface area (Å²) >= 11 is 5.93. The molecule has 1 aliphatic heterocycles. The topological polar surface area (TPSA) is 110 Å². The second-order valence-corrected chi connectivity index (χ2v) is 7.13. The van der Waals surface area contributed by atoms with Crippen LogP contribution in [-0.2, 0) is 21.9 Å². The van der Waals surface area contributed by atoms with E-state index in [1.165, 1.54) is 17.9 Å². The molecule has 8 nitrogen and oxygen atoms in total. The van der Waals surface area contributed by atoms with Gasteiger partial charge in [0, 0.05) is 13.1 Å². The van der Waals surface area contributed by atoms with Crippen molar-refractivity contribution in [3.63, 3.8) is 0 Å². The van der Waals surface area contributed by atoms with Gasteiger partial charge in [-0.3, -0.25) is 9.48 Å². The van der Waals surface area contributed by atoms with Crippen LogP contribution >= 0.6 is 11.6 Å². The van der Waals surface area contributed by atoms with Gasteiger partial charge < -0.3 is 11.1 Å². The Morgan fingerprint density at radius 1 is 1.57 bits per heavy atom. The minimum absolute atomic E-state index is 0.0286. The summed E-state index contributed by atoms with van der Waals surface area (Å²) in [5, 5.41) is 6.90. The van der Waals surface area contributed by atoms with E-state index in [9.17, 15) is 13.2 Å². The summed E-state index contributed by atoms with van der Waals surface area (Å²) in [6, 6.07) is -0.283. The van der Waals surface area contributed by atoms with Crippen molar-refractivity contribution in [3.05, 3.63) is 11.2 Å². The SMILES string of the molecule is Cn1ncc(Cl)c1S(=O)(=O)N(CC(N)=O)C1CCNCC1. The lowest BCUT2D eigenvalue weighted by molar-refractivity contribution is -0.118. The second kappa shape index (κ2) is 6.30. The third-order valence-electron chi connectivity index (χ3n) is 3.42.